The standard InChI is InChI=1S/C17H23N3O3/c1-11-7-12-9-18-19-14(12)8-13(11)15-10-20(5-6-22-15)16(21)23-17(2,3)4/h7-9,15H,5-6,10H2,1-4H3,(H,18,19). The first-order valence-electron chi connectivity index (χ1n) is 7.86. The van der Waals surface area contributed by atoms with Crippen LogP contribution < -0.4 is 0 Å². The Morgan fingerprint density at radius 1 is 1.43 bits per heavy atom. The van der Waals surface area contributed by atoms with E-state index in [2.05, 4.69) is 29.3 Å². The van der Waals surface area contributed by atoms with Gasteiger partial charge in [0.2, 0.25) is 0 Å². The maximum absolute atomic E-state index is 12.3. The number of aromatic nitrogens is 2. The zero-order chi connectivity index (χ0) is 16.6. The highest BCUT2D eigenvalue weighted by atomic mass is 16.6. The molecule has 1 aromatic heterocycles. The average molecular weight is 317 g/mol. The summed E-state index contributed by atoms with van der Waals surface area (Å²) in [6.07, 6.45) is 1.37. The van der Waals surface area contributed by atoms with E-state index in [1.165, 1.54) is 0 Å². The second kappa shape index (κ2) is 5.85. The number of amides is 1. The molecular weight excluding hydrogens is 294 g/mol. The van der Waals surface area contributed by atoms with Gasteiger partial charge in [-0.2, -0.15) is 5.10 Å². The lowest BCUT2D eigenvalue weighted by molar-refractivity contribution is -0.0434. The van der Waals surface area contributed by atoms with Crippen LogP contribution in [0, 0.1) is 6.92 Å². The fraction of sp³-hybridized carbons (Fsp3) is 0.529. The maximum Gasteiger partial charge on any atom is 0.410 e. The number of nitrogens with one attached hydrogen (secondary N) is 1. The molecular formula is C17H23N3O3. The van der Waals surface area contributed by atoms with Crippen molar-refractivity contribution in [2.24, 2.45) is 0 Å². The minimum atomic E-state index is -0.490. The SMILES string of the molecule is Cc1cc2cn[nH]c2cc1C1CN(C(=O)OC(C)(C)C)CCO1. The van der Waals surface area contributed by atoms with Gasteiger partial charge in [0.05, 0.1) is 24.9 Å². The summed E-state index contributed by atoms with van der Waals surface area (Å²) in [5.41, 5.74) is 2.70. The van der Waals surface area contributed by atoms with E-state index in [-0.39, 0.29) is 12.2 Å². The van der Waals surface area contributed by atoms with Crippen molar-refractivity contribution in [3.8, 4) is 0 Å². The molecule has 0 bridgehead atoms. The number of nitrogens with zero attached hydrogens (tertiary/aromatic N) is 2. The number of hydrogen-bond donors (Lipinski definition) is 1. The highest BCUT2D eigenvalue weighted by Gasteiger charge is 2.29. The number of morpholine rings is 1. The number of ether oxygens (including phenoxy) is 2. The van der Waals surface area contributed by atoms with E-state index in [1.54, 1.807) is 11.1 Å². The molecule has 23 heavy (non-hydrogen) atoms. The van der Waals surface area contributed by atoms with E-state index >= 15 is 0 Å². The van der Waals surface area contributed by atoms with Crippen molar-refractivity contribution in [3.05, 3.63) is 29.5 Å². The number of rotatable bonds is 1. The quantitative estimate of drug-likeness (QED) is 0.877. The molecule has 1 unspecified atom stereocenters. The van der Waals surface area contributed by atoms with Crippen LogP contribution in [-0.4, -0.2) is 46.5 Å². The van der Waals surface area contributed by atoms with E-state index in [0.717, 1.165) is 22.0 Å². The van der Waals surface area contributed by atoms with Crippen molar-refractivity contribution in [1.82, 2.24) is 15.1 Å². The number of carbonyl (C=O) groups is 1. The largest absolute Gasteiger partial charge is 0.444 e. The second-order valence-electron chi connectivity index (χ2n) is 6.95. The molecule has 6 heteroatoms. The lowest BCUT2D eigenvalue weighted by Crippen LogP contribution is -2.44. The molecule has 0 aliphatic carbocycles. The van der Waals surface area contributed by atoms with Crippen LogP contribution >= 0.6 is 0 Å². The summed E-state index contributed by atoms with van der Waals surface area (Å²) in [7, 11) is 0. The highest BCUT2D eigenvalue weighted by molar-refractivity contribution is 5.79. The zero-order valence-corrected chi connectivity index (χ0v) is 14.0. The summed E-state index contributed by atoms with van der Waals surface area (Å²) in [4.78, 5) is 14.0. The number of aromatic amines is 1. The monoisotopic (exact) mass is 317 g/mol. The molecule has 1 aliphatic heterocycles. The first-order chi connectivity index (χ1) is 10.8. The van der Waals surface area contributed by atoms with E-state index in [9.17, 15) is 4.79 Å². The molecule has 2 heterocycles. The molecule has 0 saturated carbocycles. The van der Waals surface area contributed by atoms with Crippen molar-refractivity contribution >= 4 is 17.0 Å². The Balaban J connectivity index is 1.79. The van der Waals surface area contributed by atoms with Crippen LogP contribution in [0.5, 0.6) is 0 Å². The van der Waals surface area contributed by atoms with Gasteiger partial charge in [0.25, 0.3) is 0 Å². The molecule has 0 radical (unpaired) electrons. The molecule has 1 amide bonds. The lowest BCUT2D eigenvalue weighted by atomic mass is 10.00. The van der Waals surface area contributed by atoms with Crippen LogP contribution in [-0.2, 0) is 9.47 Å². The third kappa shape index (κ3) is 3.47. The number of carbonyl (C=O) groups excluding carboxylic acids is 1. The molecule has 1 N–H and O–H groups in total. The minimum Gasteiger partial charge on any atom is -0.444 e. The Kier molecular flexibility index (Phi) is 4.02. The summed E-state index contributed by atoms with van der Waals surface area (Å²) >= 11 is 0. The van der Waals surface area contributed by atoms with Crippen LogP contribution in [0.25, 0.3) is 10.9 Å². The molecule has 6 nitrogen and oxygen atoms in total. The van der Waals surface area contributed by atoms with E-state index in [0.29, 0.717) is 19.7 Å². The number of aryl methyl sites for hydroxylation is 1. The van der Waals surface area contributed by atoms with Gasteiger partial charge in [-0.05, 0) is 51.0 Å². The summed E-state index contributed by atoms with van der Waals surface area (Å²) in [6, 6.07) is 4.14. The van der Waals surface area contributed by atoms with Crippen molar-refractivity contribution in [3.63, 3.8) is 0 Å². The maximum atomic E-state index is 12.3. The van der Waals surface area contributed by atoms with Crippen LogP contribution in [0.4, 0.5) is 4.79 Å². The van der Waals surface area contributed by atoms with Gasteiger partial charge in [-0.1, -0.05) is 0 Å². The van der Waals surface area contributed by atoms with Crippen molar-refractivity contribution in [2.75, 3.05) is 19.7 Å². The van der Waals surface area contributed by atoms with Crippen LogP contribution in [0.3, 0.4) is 0 Å². The Bertz CT molecular complexity index is 717. The van der Waals surface area contributed by atoms with Crippen LogP contribution in [0.1, 0.15) is 38.0 Å². The summed E-state index contributed by atoms with van der Waals surface area (Å²) in [5.74, 6) is 0. The fourth-order valence-corrected chi connectivity index (χ4v) is 2.80. The second-order valence-corrected chi connectivity index (χ2v) is 6.95. The van der Waals surface area contributed by atoms with Gasteiger partial charge >= 0.3 is 6.09 Å². The smallest absolute Gasteiger partial charge is 0.410 e. The van der Waals surface area contributed by atoms with Gasteiger partial charge in [0.1, 0.15) is 11.7 Å². The minimum absolute atomic E-state index is 0.149. The molecule has 3 rings (SSSR count). The molecule has 1 saturated heterocycles. The predicted molar refractivity (Wildman–Crippen MR) is 87.3 cm³/mol. The van der Waals surface area contributed by atoms with E-state index in [1.807, 2.05) is 20.8 Å². The Morgan fingerprint density at radius 2 is 2.22 bits per heavy atom. The van der Waals surface area contributed by atoms with Gasteiger partial charge in [-0.15, -0.1) is 0 Å². The molecule has 1 aromatic carbocycles. The zero-order valence-electron chi connectivity index (χ0n) is 14.0. The first-order valence-corrected chi connectivity index (χ1v) is 7.86. The summed E-state index contributed by atoms with van der Waals surface area (Å²) in [5, 5.41) is 8.12. The van der Waals surface area contributed by atoms with Gasteiger partial charge < -0.3 is 14.4 Å². The van der Waals surface area contributed by atoms with Gasteiger partial charge in [-0.3, -0.25) is 5.10 Å². The van der Waals surface area contributed by atoms with Crippen molar-refractivity contribution in [2.45, 2.75) is 39.4 Å². The Labute approximate surface area is 135 Å². The first kappa shape index (κ1) is 15.8. The topological polar surface area (TPSA) is 67.5 Å². The number of benzene rings is 1. The Morgan fingerprint density at radius 3 is 2.96 bits per heavy atom. The fourth-order valence-electron chi connectivity index (χ4n) is 2.80. The average Bonchev–Trinajstić information content (AvgIpc) is 2.92. The van der Waals surface area contributed by atoms with Crippen LogP contribution in [0.15, 0.2) is 18.3 Å². The lowest BCUT2D eigenvalue weighted by Gasteiger charge is -2.34. The molecule has 2 aromatic rings. The highest BCUT2D eigenvalue weighted by Crippen LogP contribution is 2.28. The number of H-pyrrole nitrogens is 1. The summed E-state index contributed by atoms with van der Waals surface area (Å²) in [6.45, 7) is 9.23. The molecule has 1 atom stereocenters. The molecule has 1 fully saturated rings. The van der Waals surface area contributed by atoms with Gasteiger partial charge in [0.15, 0.2) is 0 Å². The normalized spacial score (nSPS) is 19.1. The van der Waals surface area contributed by atoms with Gasteiger partial charge in [-0.25, -0.2) is 4.79 Å². The third-order valence-electron chi connectivity index (χ3n) is 3.89. The van der Waals surface area contributed by atoms with Crippen molar-refractivity contribution in [1.29, 1.82) is 0 Å². The molecule has 0 spiro atoms. The predicted octanol–water partition coefficient (Wildman–Crippen LogP) is 3.18. The third-order valence-corrected chi connectivity index (χ3v) is 3.89. The van der Waals surface area contributed by atoms with E-state index in [4.69, 9.17) is 9.47 Å². The molecule has 124 valence electrons. The van der Waals surface area contributed by atoms with E-state index < -0.39 is 5.60 Å². The van der Waals surface area contributed by atoms with Crippen molar-refractivity contribution < 1.29 is 14.3 Å². The molecule has 1 aliphatic rings. The summed E-state index contributed by atoms with van der Waals surface area (Å²) < 4.78 is 11.4. The number of fused-ring (bicyclic) bond motifs is 1. The number of hydrogen-bond acceptors (Lipinski definition) is 4. The Hall–Kier alpha value is -2.08. The van der Waals surface area contributed by atoms with Crippen LogP contribution in [0.2, 0.25) is 0 Å². The van der Waals surface area contributed by atoms with Gasteiger partial charge in [0, 0.05) is 11.9 Å².